The molecule has 80 valence electrons. The van der Waals surface area contributed by atoms with Gasteiger partial charge in [0.25, 0.3) is 0 Å². The number of unbranched alkanes of at least 4 members (excludes halogenated alkanes) is 1. The lowest BCUT2D eigenvalue weighted by molar-refractivity contribution is -0.135. The Morgan fingerprint density at radius 2 is 2.43 bits per heavy atom. The van der Waals surface area contributed by atoms with Crippen molar-refractivity contribution in [2.24, 2.45) is 5.92 Å². The van der Waals surface area contributed by atoms with E-state index in [1.807, 2.05) is 6.92 Å². The molecule has 1 aliphatic heterocycles. The molecule has 0 aromatic heterocycles. The minimum atomic E-state index is -0.924. The van der Waals surface area contributed by atoms with Crippen molar-refractivity contribution in [1.82, 2.24) is 10.6 Å². The third-order valence-corrected chi connectivity index (χ3v) is 2.26. The van der Waals surface area contributed by atoms with E-state index in [4.69, 9.17) is 0 Å². The van der Waals surface area contributed by atoms with Crippen LogP contribution in [0.1, 0.15) is 19.8 Å². The van der Waals surface area contributed by atoms with Crippen LogP contribution in [0.4, 0.5) is 0 Å². The predicted molar refractivity (Wildman–Crippen MR) is 50.4 cm³/mol. The number of carbonyl (C=O) groups excluding carboxylic acids is 2. The normalized spacial score (nSPS) is 26.0. The van der Waals surface area contributed by atoms with Gasteiger partial charge in [-0.3, -0.25) is 9.59 Å². The average molecular weight is 200 g/mol. The predicted octanol–water partition coefficient (Wildman–Crippen LogP) is -0.990. The molecule has 1 fully saturated rings. The second-order valence-corrected chi connectivity index (χ2v) is 3.43. The van der Waals surface area contributed by atoms with Crippen LogP contribution in [0, 0.1) is 5.92 Å². The highest BCUT2D eigenvalue weighted by Crippen LogP contribution is 2.10. The maximum Gasteiger partial charge on any atom is 0.235 e. The molecule has 0 aromatic rings. The highest BCUT2D eigenvalue weighted by atomic mass is 16.3. The molecule has 1 saturated heterocycles. The summed E-state index contributed by atoms with van der Waals surface area (Å²) in [7, 11) is 0. The van der Waals surface area contributed by atoms with Crippen molar-refractivity contribution < 1.29 is 14.7 Å². The molecule has 0 aliphatic carbocycles. The molecule has 0 spiro atoms. The van der Waals surface area contributed by atoms with Crippen molar-refractivity contribution in [2.75, 3.05) is 13.1 Å². The van der Waals surface area contributed by atoms with E-state index in [2.05, 4.69) is 10.6 Å². The van der Waals surface area contributed by atoms with Crippen LogP contribution in [0.2, 0.25) is 0 Å². The van der Waals surface area contributed by atoms with E-state index in [1.165, 1.54) is 0 Å². The molecule has 2 unspecified atom stereocenters. The number of carbonyl (C=O) groups is 2. The van der Waals surface area contributed by atoms with Crippen LogP contribution in [-0.2, 0) is 9.59 Å². The first-order valence-electron chi connectivity index (χ1n) is 4.90. The first-order valence-corrected chi connectivity index (χ1v) is 4.90. The van der Waals surface area contributed by atoms with Gasteiger partial charge in [-0.1, -0.05) is 13.3 Å². The number of rotatable bonds is 4. The lowest BCUT2D eigenvalue weighted by atomic mass is 10.1. The van der Waals surface area contributed by atoms with Gasteiger partial charge in [-0.05, 0) is 6.42 Å². The Morgan fingerprint density at radius 1 is 1.71 bits per heavy atom. The van der Waals surface area contributed by atoms with Crippen molar-refractivity contribution in [3.8, 4) is 0 Å². The minimum absolute atomic E-state index is 0.171. The summed E-state index contributed by atoms with van der Waals surface area (Å²) >= 11 is 0. The van der Waals surface area contributed by atoms with E-state index in [-0.39, 0.29) is 18.4 Å². The van der Waals surface area contributed by atoms with Crippen molar-refractivity contribution in [2.45, 2.75) is 25.9 Å². The van der Waals surface area contributed by atoms with E-state index in [0.717, 1.165) is 12.8 Å². The molecule has 5 nitrogen and oxygen atoms in total. The summed E-state index contributed by atoms with van der Waals surface area (Å²) in [6.45, 7) is 2.75. The molecular formula is C9H16N2O3. The van der Waals surface area contributed by atoms with Gasteiger partial charge >= 0.3 is 0 Å². The fraction of sp³-hybridized carbons (Fsp3) is 0.778. The van der Waals surface area contributed by atoms with E-state index >= 15 is 0 Å². The highest BCUT2D eigenvalue weighted by Gasteiger charge is 2.38. The summed E-state index contributed by atoms with van der Waals surface area (Å²) in [6, 6.07) is 0. The van der Waals surface area contributed by atoms with E-state index in [1.54, 1.807) is 0 Å². The van der Waals surface area contributed by atoms with Crippen LogP contribution in [-0.4, -0.2) is 36.1 Å². The number of hydrogen-bond donors (Lipinski definition) is 3. The zero-order chi connectivity index (χ0) is 10.6. The van der Waals surface area contributed by atoms with Gasteiger partial charge < -0.3 is 15.7 Å². The van der Waals surface area contributed by atoms with Crippen molar-refractivity contribution in [3.63, 3.8) is 0 Å². The number of nitrogens with one attached hydrogen (secondary N) is 2. The standard InChI is InChI=1S/C9H16N2O3/c1-2-3-4-10-8(13)7-6(12)5-11-9(7)14/h6-7,12H,2-5H2,1H3,(H,10,13)(H,11,14). The number of β-amino-alcohol motifs (C(OH)–C–C–N with tert-alkyl or cyclic N) is 1. The SMILES string of the molecule is CCCCNC(=O)C1C(=O)NCC1O. The van der Waals surface area contributed by atoms with Crippen LogP contribution < -0.4 is 10.6 Å². The Balaban J connectivity index is 2.39. The summed E-state index contributed by atoms with van der Waals surface area (Å²) in [5.41, 5.74) is 0. The van der Waals surface area contributed by atoms with Crippen LogP contribution >= 0.6 is 0 Å². The number of amides is 2. The monoisotopic (exact) mass is 200 g/mol. The maximum atomic E-state index is 11.4. The fourth-order valence-electron chi connectivity index (χ4n) is 1.40. The molecule has 1 aliphatic rings. The smallest absolute Gasteiger partial charge is 0.235 e. The topological polar surface area (TPSA) is 78.4 Å². The Morgan fingerprint density at radius 3 is 2.93 bits per heavy atom. The third kappa shape index (κ3) is 2.45. The van der Waals surface area contributed by atoms with Crippen molar-refractivity contribution in [1.29, 1.82) is 0 Å². The molecular weight excluding hydrogens is 184 g/mol. The second kappa shape index (κ2) is 4.95. The fourth-order valence-corrected chi connectivity index (χ4v) is 1.40. The van der Waals surface area contributed by atoms with Gasteiger partial charge in [0.15, 0.2) is 0 Å². The zero-order valence-electron chi connectivity index (χ0n) is 8.25. The van der Waals surface area contributed by atoms with Gasteiger partial charge in [0, 0.05) is 13.1 Å². The summed E-state index contributed by atoms with van der Waals surface area (Å²) < 4.78 is 0. The molecule has 2 atom stereocenters. The Labute approximate surface area is 82.9 Å². The molecule has 1 rings (SSSR count). The molecule has 0 radical (unpaired) electrons. The summed E-state index contributed by atoms with van der Waals surface area (Å²) in [6.07, 6.45) is 0.986. The van der Waals surface area contributed by atoms with Crippen molar-refractivity contribution >= 4 is 11.8 Å². The van der Waals surface area contributed by atoms with Gasteiger partial charge in [-0.2, -0.15) is 0 Å². The largest absolute Gasteiger partial charge is 0.390 e. The van der Waals surface area contributed by atoms with Crippen LogP contribution in [0.15, 0.2) is 0 Å². The molecule has 5 heteroatoms. The third-order valence-electron chi connectivity index (χ3n) is 2.26. The molecule has 14 heavy (non-hydrogen) atoms. The summed E-state index contributed by atoms with van der Waals surface area (Å²) in [5.74, 6) is -1.68. The lowest BCUT2D eigenvalue weighted by Gasteiger charge is -2.11. The Kier molecular flexibility index (Phi) is 3.88. The first kappa shape index (κ1) is 11.0. The highest BCUT2D eigenvalue weighted by molar-refractivity contribution is 6.02. The minimum Gasteiger partial charge on any atom is -0.390 e. The van der Waals surface area contributed by atoms with Gasteiger partial charge in [0.1, 0.15) is 5.92 Å². The van der Waals surface area contributed by atoms with Crippen molar-refractivity contribution in [3.05, 3.63) is 0 Å². The van der Waals surface area contributed by atoms with Gasteiger partial charge in [0.05, 0.1) is 6.10 Å². The molecule has 0 saturated carbocycles. The van der Waals surface area contributed by atoms with E-state index in [0.29, 0.717) is 6.54 Å². The zero-order valence-corrected chi connectivity index (χ0v) is 8.25. The Hall–Kier alpha value is -1.10. The van der Waals surface area contributed by atoms with Gasteiger partial charge in [-0.25, -0.2) is 0 Å². The van der Waals surface area contributed by atoms with E-state index in [9.17, 15) is 14.7 Å². The Bertz CT molecular complexity index is 230. The van der Waals surface area contributed by atoms with E-state index < -0.39 is 12.0 Å². The molecule has 2 amide bonds. The van der Waals surface area contributed by atoms with Crippen LogP contribution in [0.3, 0.4) is 0 Å². The van der Waals surface area contributed by atoms with Crippen LogP contribution in [0.25, 0.3) is 0 Å². The summed E-state index contributed by atoms with van der Waals surface area (Å²) in [4.78, 5) is 22.5. The maximum absolute atomic E-state index is 11.4. The second-order valence-electron chi connectivity index (χ2n) is 3.43. The number of hydrogen-bond acceptors (Lipinski definition) is 3. The lowest BCUT2D eigenvalue weighted by Crippen LogP contribution is -2.39. The number of aliphatic hydroxyl groups excluding tert-OH is 1. The van der Waals surface area contributed by atoms with Gasteiger partial charge in [-0.15, -0.1) is 0 Å². The number of aliphatic hydroxyl groups is 1. The molecule has 0 aromatic carbocycles. The summed E-state index contributed by atoms with van der Waals surface area (Å²) in [5, 5.41) is 14.4. The van der Waals surface area contributed by atoms with Crippen LogP contribution in [0.5, 0.6) is 0 Å². The average Bonchev–Trinajstić information content (AvgIpc) is 2.46. The first-order chi connectivity index (χ1) is 6.66. The quantitative estimate of drug-likeness (QED) is 0.403. The molecule has 0 bridgehead atoms. The molecule has 1 heterocycles. The molecule has 3 N–H and O–H groups in total. The van der Waals surface area contributed by atoms with Gasteiger partial charge in [0.2, 0.25) is 11.8 Å².